The SMILES string of the molecule is CCC[C@@H](NC(=O)Nc1cc(C#N)ccc1C)C(=O)O. The number of benzene rings is 1. The summed E-state index contributed by atoms with van der Waals surface area (Å²) < 4.78 is 0. The molecule has 1 rings (SSSR count). The van der Waals surface area contributed by atoms with Crippen LogP contribution in [0, 0.1) is 18.3 Å². The average Bonchev–Trinajstić information content (AvgIpc) is 2.40. The molecule has 3 N–H and O–H groups in total. The zero-order valence-electron chi connectivity index (χ0n) is 11.4. The van der Waals surface area contributed by atoms with E-state index in [1.54, 1.807) is 25.1 Å². The Morgan fingerprint density at radius 3 is 2.70 bits per heavy atom. The number of aliphatic carboxylic acids is 1. The first kappa shape index (κ1) is 15.5. The highest BCUT2D eigenvalue weighted by atomic mass is 16.4. The molecule has 1 aromatic rings. The number of amides is 2. The monoisotopic (exact) mass is 275 g/mol. The van der Waals surface area contributed by atoms with Crippen LogP contribution in [0.3, 0.4) is 0 Å². The van der Waals surface area contributed by atoms with Crippen LogP contribution in [0.4, 0.5) is 10.5 Å². The van der Waals surface area contributed by atoms with Crippen LogP contribution in [0.25, 0.3) is 0 Å². The van der Waals surface area contributed by atoms with E-state index in [0.717, 1.165) is 5.56 Å². The van der Waals surface area contributed by atoms with Crippen LogP contribution in [0.2, 0.25) is 0 Å². The van der Waals surface area contributed by atoms with E-state index in [1.165, 1.54) is 0 Å². The van der Waals surface area contributed by atoms with Gasteiger partial charge in [0.1, 0.15) is 6.04 Å². The lowest BCUT2D eigenvalue weighted by atomic mass is 10.1. The first-order valence-electron chi connectivity index (χ1n) is 6.29. The number of nitrogens with zero attached hydrogens (tertiary/aromatic N) is 1. The van der Waals surface area contributed by atoms with Gasteiger partial charge in [0.05, 0.1) is 11.6 Å². The van der Waals surface area contributed by atoms with Crippen LogP contribution >= 0.6 is 0 Å². The molecule has 0 bridgehead atoms. The lowest BCUT2D eigenvalue weighted by Gasteiger charge is -2.15. The number of carbonyl (C=O) groups excluding carboxylic acids is 1. The van der Waals surface area contributed by atoms with E-state index in [0.29, 0.717) is 24.1 Å². The molecular weight excluding hydrogens is 258 g/mol. The molecule has 1 aromatic carbocycles. The molecule has 0 aliphatic heterocycles. The lowest BCUT2D eigenvalue weighted by molar-refractivity contribution is -0.139. The summed E-state index contributed by atoms with van der Waals surface area (Å²) in [7, 11) is 0. The van der Waals surface area contributed by atoms with Crippen molar-refractivity contribution in [3.8, 4) is 6.07 Å². The molecule has 106 valence electrons. The summed E-state index contributed by atoms with van der Waals surface area (Å²) in [6.45, 7) is 3.63. The minimum Gasteiger partial charge on any atom is -0.480 e. The highest BCUT2D eigenvalue weighted by molar-refractivity contribution is 5.93. The van der Waals surface area contributed by atoms with E-state index in [4.69, 9.17) is 10.4 Å². The van der Waals surface area contributed by atoms with Crippen molar-refractivity contribution in [1.82, 2.24) is 5.32 Å². The third-order valence-corrected chi connectivity index (χ3v) is 2.80. The molecule has 0 saturated carbocycles. The standard InChI is InChI=1S/C14H17N3O3/c1-3-4-11(13(18)19)16-14(20)17-12-7-10(8-15)6-5-9(12)2/h5-7,11H,3-4H2,1-2H3,(H,18,19)(H2,16,17,20)/t11-/m1/s1. The molecule has 0 spiro atoms. The first-order valence-corrected chi connectivity index (χ1v) is 6.29. The maximum Gasteiger partial charge on any atom is 0.326 e. The molecule has 0 aliphatic rings. The summed E-state index contributed by atoms with van der Waals surface area (Å²) >= 11 is 0. The van der Waals surface area contributed by atoms with E-state index >= 15 is 0 Å². The predicted octanol–water partition coefficient (Wildman–Crippen LogP) is 2.24. The predicted molar refractivity (Wildman–Crippen MR) is 74.4 cm³/mol. The molecule has 6 heteroatoms. The van der Waals surface area contributed by atoms with Crippen LogP contribution in [0.1, 0.15) is 30.9 Å². The summed E-state index contributed by atoms with van der Waals surface area (Å²) in [6.07, 6.45) is 1.01. The molecule has 0 heterocycles. The van der Waals surface area contributed by atoms with Crippen molar-refractivity contribution >= 4 is 17.7 Å². The fourth-order valence-corrected chi connectivity index (χ4v) is 1.69. The van der Waals surface area contributed by atoms with Gasteiger partial charge in [0.25, 0.3) is 0 Å². The Morgan fingerprint density at radius 1 is 1.45 bits per heavy atom. The van der Waals surface area contributed by atoms with Gasteiger partial charge in [-0.15, -0.1) is 0 Å². The van der Waals surface area contributed by atoms with Crippen LogP contribution in [-0.2, 0) is 4.79 Å². The number of anilines is 1. The Labute approximate surface area is 117 Å². The Bertz CT molecular complexity index is 549. The molecule has 0 unspecified atom stereocenters. The lowest BCUT2D eigenvalue weighted by Crippen LogP contribution is -2.43. The smallest absolute Gasteiger partial charge is 0.326 e. The summed E-state index contributed by atoms with van der Waals surface area (Å²) in [4.78, 5) is 22.7. The van der Waals surface area contributed by atoms with Crippen molar-refractivity contribution < 1.29 is 14.7 Å². The highest BCUT2D eigenvalue weighted by Crippen LogP contribution is 2.16. The minimum atomic E-state index is -1.07. The van der Waals surface area contributed by atoms with E-state index in [2.05, 4.69) is 10.6 Å². The van der Waals surface area contributed by atoms with Gasteiger partial charge in [-0.3, -0.25) is 0 Å². The zero-order chi connectivity index (χ0) is 15.1. The molecule has 0 fully saturated rings. The summed E-state index contributed by atoms with van der Waals surface area (Å²) in [5.41, 5.74) is 1.71. The zero-order valence-corrected chi connectivity index (χ0v) is 11.4. The third kappa shape index (κ3) is 4.28. The van der Waals surface area contributed by atoms with Crippen LogP contribution in [0.5, 0.6) is 0 Å². The Morgan fingerprint density at radius 2 is 2.15 bits per heavy atom. The molecule has 0 aliphatic carbocycles. The number of hydrogen-bond donors (Lipinski definition) is 3. The average molecular weight is 275 g/mol. The van der Waals surface area contributed by atoms with Gasteiger partial charge in [0.2, 0.25) is 0 Å². The quantitative estimate of drug-likeness (QED) is 0.766. The number of carboxylic acid groups (broad SMARTS) is 1. The number of rotatable bonds is 5. The molecule has 1 atom stereocenters. The molecular formula is C14H17N3O3. The van der Waals surface area contributed by atoms with Crippen molar-refractivity contribution in [3.63, 3.8) is 0 Å². The van der Waals surface area contributed by atoms with Crippen molar-refractivity contribution in [2.75, 3.05) is 5.32 Å². The number of aryl methyl sites for hydroxylation is 1. The first-order chi connectivity index (χ1) is 9.47. The van der Waals surface area contributed by atoms with Gasteiger partial charge < -0.3 is 15.7 Å². The van der Waals surface area contributed by atoms with Gasteiger partial charge in [-0.25, -0.2) is 9.59 Å². The summed E-state index contributed by atoms with van der Waals surface area (Å²) in [5.74, 6) is -1.07. The van der Waals surface area contributed by atoms with Crippen LogP contribution < -0.4 is 10.6 Å². The molecule has 0 saturated heterocycles. The number of hydrogen-bond acceptors (Lipinski definition) is 3. The van der Waals surface area contributed by atoms with Gasteiger partial charge in [0.15, 0.2) is 0 Å². The number of carbonyl (C=O) groups is 2. The van der Waals surface area contributed by atoms with Gasteiger partial charge in [-0.1, -0.05) is 19.4 Å². The second-order valence-corrected chi connectivity index (χ2v) is 4.42. The number of carboxylic acids is 1. The Hall–Kier alpha value is -2.55. The van der Waals surface area contributed by atoms with Gasteiger partial charge in [-0.2, -0.15) is 5.26 Å². The third-order valence-electron chi connectivity index (χ3n) is 2.80. The van der Waals surface area contributed by atoms with Crippen molar-refractivity contribution in [1.29, 1.82) is 5.26 Å². The number of urea groups is 1. The molecule has 0 radical (unpaired) electrons. The van der Waals surface area contributed by atoms with E-state index in [-0.39, 0.29) is 0 Å². The minimum absolute atomic E-state index is 0.361. The fourth-order valence-electron chi connectivity index (χ4n) is 1.69. The Balaban J connectivity index is 2.75. The van der Waals surface area contributed by atoms with Crippen LogP contribution in [0.15, 0.2) is 18.2 Å². The van der Waals surface area contributed by atoms with Crippen molar-refractivity contribution in [2.45, 2.75) is 32.7 Å². The summed E-state index contributed by atoms with van der Waals surface area (Å²) in [6, 6.07) is 5.38. The molecule has 2 amide bonds. The van der Waals surface area contributed by atoms with E-state index in [1.807, 2.05) is 13.0 Å². The van der Waals surface area contributed by atoms with E-state index < -0.39 is 18.0 Å². The molecule has 0 aromatic heterocycles. The highest BCUT2D eigenvalue weighted by Gasteiger charge is 2.18. The second-order valence-electron chi connectivity index (χ2n) is 4.42. The van der Waals surface area contributed by atoms with Gasteiger partial charge >= 0.3 is 12.0 Å². The topological polar surface area (TPSA) is 102 Å². The van der Waals surface area contributed by atoms with Crippen molar-refractivity contribution in [2.24, 2.45) is 0 Å². The number of nitrogens with one attached hydrogen (secondary N) is 2. The maximum absolute atomic E-state index is 11.8. The van der Waals surface area contributed by atoms with Gasteiger partial charge in [-0.05, 0) is 31.0 Å². The maximum atomic E-state index is 11.8. The fraction of sp³-hybridized carbons (Fsp3) is 0.357. The van der Waals surface area contributed by atoms with E-state index in [9.17, 15) is 9.59 Å². The van der Waals surface area contributed by atoms with Gasteiger partial charge in [0, 0.05) is 5.69 Å². The molecule has 6 nitrogen and oxygen atoms in total. The normalized spacial score (nSPS) is 11.2. The second kappa shape index (κ2) is 7.14. The molecule has 20 heavy (non-hydrogen) atoms. The largest absolute Gasteiger partial charge is 0.480 e. The summed E-state index contributed by atoms with van der Waals surface area (Å²) in [5, 5.41) is 22.8. The van der Waals surface area contributed by atoms with Crippen molar-refractivity contribution in [3.05, 3.63) is 29.3 Å². The number of nitriles is 1. The Kier molecular flexibility index (Phi) is 5.54. The van der Waals surface area contributed by atoms with Crippen LogP contribution in [-0.4, -0.2) is 23.1 Å².